The van der Waals surface area contributed by atoms with Crippen LogP contribution in [0.5, 0.6) is 0 Å². The molecule has 0 aromatic carbocycles. The van der Waals surface area contributed by atoms with Crippen molar-refractivity contribution in [3.8, 4) is 0 Å². The van der Waals surface area contributed by atoms with Crippen LogP contribution in [0.3, 0.4) is 0 Å². The molecular formula is C14H22O7S. The molecule has 8 heteroatoms. The Balaban J connectivity index is 3.78. The Morgan fingerprint density at radius 2 is 1.82 bits per heavy atom. The molecule has 0 aliphatic rings. The lowest BCUT2D eigenvalue weighted by Gasteiger charge is -2.12. The second-order valence-electron chi connectivity index (χ2n) is 4.65. The molecule has 0 saturated carbocycles. The van der Waals surface area contributed by atoms with E-state index >= 15 is 0 Å². The van der Waals surface area contributed by atoms with E-state index in [1.54, 1.807) is 6.92 Å². The lowest BCUT2D eigenvalue weighted by Crippen LogP contribution is -2.26. The largest absolute Gasteiger partial charge is 0.469 e. The van der Waals surface area contributed by atoms with Crippen LogP contribution in [0.25, 0.3) is 0 Å². The van der Waals surface area contributed by atoms with Crippen LogP contribution in [-0.4, -0.2) is 60.9 Å². The molecule has 126 valence electrons. The lowest BCUT2D eigenvalue weighted by atomic mass is 10.2. The highest BCUT2D eigenvalue weighted by molar-refractivity contribution is 7.99. The third kappa shape index (κ3) is 9.41. The summed E-state index contributed by atoms with van der Waals surface area (Å²) >= 11 is 1.23. The van der Waals surface area contributed by atoms with E-state index in [2.05, 4.69) is 11.3 Å². The molecule has 22 heavy (non-hydrogen) atoms. The summed E-state index contributed by atoms with van der Waals surface area (Å²) < 4.78 is 14.1. The number of carbonyl (C=O) groups is 3. The topological polar surface area (TPSA) is 99.1 Å². The molecule has 0 spiro atoms. The molecule has 0 amide bonds. The van der Waals surface area contributed by atoms with Crippen LogP contribution in [0.4, 0.5) is 0 Å². The molecule has 0 aliphatic carbocycles. The Bertz CT molecular complexity index is 408. The molecule has 0 aromatic heterocycles. The summed E-state index contributed by atoms with van der Waals surface area (Å²) in [7, 11) is 1.31. The van der Waals surface area contributed by atoms with Gasteiger partial charge >= 0.3 is 17.9 Å². The predicted molar refractivity (Wildman–Crippen MR) is 81.2 cm³/mol. The van der Waals surface area contributed by atoms with Crippen molar-refractivity contribution >= 4 is 29.7 Å². The lowest BCUT2D eigenvalue weighted by molar-refractivity contribution is -0.148. The Labute approximate surface area is 134 Å². The normalized spacial score (nSPS) is 12.9. The first-order chi connectivity index (χ1) is 10.3. The van der Waals surface area contributed by atoms with E-state index in [4.69, 9.17) is 9.47 Å². The van der Waals surface area contributed by atoms with Gasteiger partial charge in [0.1, 0.15) is 19.3 Å². The molecule has 2 atom stereocenters. The summed E-state index contributed by atoms with van der Waals surface area (Å²) in [5, 5.41) is 9.49. The minimum Gasteiger partial charge on any atom is -0.469 e. The van der Waals surface area contributed by atoms with Gasteiger partial charge in [0.25, 0.3) is 0 Å². The van der Waals surface area contributed by atoms with E-state index in [9.17, 15) is 19.5 Å². The van der Waals surface area contributed by atoms with Crippen LogP contribution in [0.2, 0.25) is 0 Å². The number of thioether (sulfide) groups is 1. The number of carbonyl (C=O) groups excluding carboxylic acids is 3. The Morgan fingerprint density at radius 1 is 1.23 bits per heavy atom. The summed E-state index contributed by atoms with van der Waals surface area (Å²) in [5.41, 5.74) is 0.223. The van der Waals surface area contributed by atoms with Gasteiger partial charge < -0.3 is 19.3 Å². The molecular weight excluding hydrogens is 312 g/mol. The number of hydrogen-bond donors (Lipinski definition) is 1. The Morgan fingerprint density at radius 3 is 2.36 bits per heavy atom. The average molecular weight is 334 g/mol. The quantitative estimate of drug-likeness (QED) is 0.351. The van der Waals surface area contributed by atoms with Crippen molar-refractivity contribution in [2.45, 2.75) is 20.0 Å². The van der Waals surface area contributed by atoms with Crippen molar-refractivity contribution in [1.82, 2.24) is 0 Å². The Kier molecular flexibility index (Phi) is 10.3. The smallest absolute Gasteiger partial charge is 0.333 e. The molecule has 0 aliphatic heterocycles. The SMILES string of the molecule is C=C(C)C(=O)OCC(O)COC(=O)CSCC(C)C(=O)OC. The number of esters is 3. The maximum absolute atomic E-state index is 11.4. The average Bonchev–Trinajstić information content (AvgIpc) is 2.49. The van der Waals surface area contributed by atoms with E-state index in [0.717, 1.165) is 0 Å². The van der Waals surface area contributed by atoms with Crippen LogP contribution in [0.15, 0.2) is 12.2 Å². The van der Waals surface area contributed by atoms with E-state index in [0.29, 0.717) is 5.75 Å². The summed E-state index contributed by atoms with van der Waals surface area (Å²) in [6.45, 7) is 6.04. The molecule has 0 radical (unpaired) electrons. The van der Waals surface area contributed by atoms with Gasteiger partial charge in [-0.1, -0.05) is 13.5 Å². The maximum Gasteiger partial charge on any atom is 0.333 e. The molecule has 0 bridgehead atoms. The van der Waals surface area contributed by atoms with Gasteiger partial charge in [0.05, 0.1) is 18.8 Å². The molecule has 0 heterocycles. The van der Waals surface area contributed by atoms with Gasteiger partial charge in [0.2, 0.25) is 0 Å². The number of methoxy groups -OCH3 is 1. The van der Waals surface area contributed by atoms with E-state index < -0.39 is 18.0 Å². The van der Waals surface area contributed by atoms with Crippen LogP contribution >= 0.6 is 11.8 Å². The fraction of sp³-hybridized carbons (Fsp3) is 0.643. The minimum absolute atomic E-state index is 0.0552. The zero-order chi connectivity index (χ0) is 17.1. The first-order valence-electron chi connectivity index (χ1n) is 6.59. The van der Waals surface area contributed by atoms with Gasteiger partial charge in [-0.25, -0.2) is 4.79 Å². The maximum atomic E-state index is 11.4. The molecule has 0 rings (SSSR count). The van der Waals surface area contributed by atoms with Crippen LogP contribution in [-0.2, 0) is 28.6 Å². The molecule has 0 saturated heterocycles. The van der Waals surface area contributed by atoms with Crippen LogP contribution in [0, 0.1) is 5.92 Å². The van der Waals surface area contributed by atoms with Crippen molar-refractivity contribution < 1.29 is 33.7 Å². The predicted octanol–water partition coefficient (Wildman–Crippen LogP) is 0.552. The van der Waals surface area contributed by atoms with Gasteiger partial charge in [-0.15, -0.1) is 11.8 Å². The minimum atomic E-state index is -1.09. The standard InChI is InChI=1S/C14H22O7S/c1-9(2)13(17)21-6-11(15)5-20-12(16)8-22-7-10(3)14(18)19-4/h10-11,15H,1,5-8H2,2-4H3. The van der Waals surface area contributed by atoms with Crippen LogP contribution < -0.4 is 0 Å². The number of aliphatic hydroxyl groups is 1. The number of rotatable bonds is 10. The van der Waals surface area contributed by atoms with Crippen molar-refractivity contribution in [2.75, 3.05) is 31.8 Å². The first-order valence-corrected chi connectivity index (χ1v) is 7.75. The van der Waals surface area contributed by atoms with Crippen molar-refractivity contribution in [3.05, 3.63) is 12.2 Å². The fourth-order valence-electron chi connectivity index (χ4n) is 1.16. The first kappa shape index (κ1) is 20.5. The molecule has 1 N–H and O–H groups in total. The molecule has 7 nitrogen and oxygen atoms in total. The van der Waals surface area contributed by atoms with Gasteiger partial charge in [-0.05, 0) is 6.92 Å². The molecule has 0 aromatic rings. The summed E-state index contributed by atoms with van der Waals surface area (Å²) in [6.07, 6.45) is -1.09. The van der Waals surface area contributed by atoms with E-state index in [1.165, 1.54) is 25.8 Å². The van der Waals surface area contributed by atoms with Gasteiger partial charge in [-0.3, -0.25) is 9.59 Å². The number of ether oxygens (including phenoxy) is 3. The molecule has 2 unspecified atom stereocenters. The fourth-order valence-corrected chi connectivity index (χ4v) is 2.02. The van der Waals surface area contributed by atoms with Gasteiger partial charge in [0.15, 0.2) is 0 Å². The van der Waals surface area contributed by atoms with E-state index in [-0.39, 0.29) is 36.4 Å². The summed E-state index contributed by atoms with van der Waals surface area (Å²) in [5.74, 6) is -1.30. The highest BCUT2D eigenvalue weighted by atomic mass is 32.2. The third-order valence-electron chi connectivity index (χ3n) is 2.38. The highest BCUT2D eigenvalue weighted by Crippen LogP contribution is 2.10. The Hall–Kier alpha value is -1.54. The highest BCUT2D eigenvalue weighted by Gasteiger charge is 2.15. The van der Waals surface area contributed by atoms with Crippen molar-refractivity contribution in [3.63, 3.8) is 0 Å². The van der Waals surface area contributed by atoms with Gasteiger partial charge in [-0.2, -0.15) is 0 Å². The zero-order valence-electron chi connectivity index (χ0n) is 13.0. The van der Waals surface area contributed by atoms with E-state index in [1.807, 2.05) is 0 Å². The van der Waals surface area contributed by atoms with Crippen molar-refractivity contribution in [1.29, 1.82) is 0 Å². The number of hydrogen-bond acceptors (Lipinski definition) is 8. The third-order valence-corrected chi connectivity index (χ3v) is 3.56. The zero-order valence-corrected chi connectivity index (χ0v) is 13.8. The van der Waals surface area contributed by atoms with Crippen molar-refractivity contribution in [2.24, 2.45) is 5.92 Å². The second-order valence-corrected chi connectivity index (χ2v) is 5.69. The second kappa shape index (κ2) is 11.1. The van der Waals surface area contributed by atoms with Gasteiger partial charge in [0, 0.05) is 11.3 Å². The summed E-state index contributed by atoms with van der Waals surface area (Å²) in [4.78, 5) is 33.7. The van der Waals surface area contributed by atoms with Crippen LogP contribution in [0.1, 0.15) is 13.8 Å². The summed E-state index contributed by atoms with van der Waals surface area (Å²) in [6, 6.07) is 0. The number of aliphatic hydroxyl groups excluding tert-OH is 1. The molecule has 0 fully saturated rings. The monoisotopic (exact) mass is 334 g/mol.